The lowest BCUT2D eigenvalue weighted by Gasteiger charge is -2.16. The van der Waals surface area contributed by atoms with E-state index < -0.39 is 15.0 Å². The van der Waals surface area contributed by atoms with E-state index in [1.807, 2.05) is 0 Å². The number of hydrogen-bond acceptors (Lipinski definition) is 7. The van der Waals surface area contributed by atoms with Crippen molar-refractivity contribution in [2.45, 2.75) is 4.90 Å². The molecule has 1 aromatic carbocycles. The third-order valence-corrected chi connectivity index (χ3v) is 4.03. The number of carbonyl (C=O) groups is 1. The molecule has 1 aromatic rings. The predicted molar refractivity (Wildman–Crippen MR) is 80.2 cm³/mol. The minimum atomic E-state index is -4.18. The first-order valence-corrected chi connectivity index (χ1v) is 8.14. The van der Waals surface area contributed by atoms with E-state index in [0.29, 0.717) is 0 Å². The molecule has 0 bridgehead atoms. The number of methoxy groups -OCH3 is 4. The first-order chi connectivity index (χ1) is 10.3. The van der Waals surface area contributed by atoms with Crippen LogP contribution in [-0.2, 0) is 18.6 Å². The average molecular weight is 351 g/mol. The third-order valence-electron chi connectivity index (χ3n) is 2.66. The Balaban J connectivity index is 3.74. The van der Waals surface area contributed by atoms with Crippen LogP contribution in [0.1, 0.15) is 5.56 Å². The fraction of sp³-hybridized carbons (Fsp3) is 0.308. The number of hydrogen-bond donors (Lipinski definition) is 0. The second kappa shape index (κ2) is 7.37. The lowest BCUT2D eigenvalue weighted by atomic mass is 10.1. The molecule has 22 heavy (non-hydrogen) atoms. The van der Waals surface area contributed by atoms with Crippen molar-refractivity contribution in [3.8, 4) is 17.2 Å². The summed E-state index contributed by atoms with van der Waals surface area (Å²) in [5.74, 6) is -0.500. The van der Waals surface area contributed by atoms with E-state index in [1.165, 1.54) is 40.6 Å². The van der Waals surface area contributed by atoms with Gasteiger partial charge < -0.3 is 18.9 Å². The fourth-order valence-corrected chi connectivity index (χ4v) is 3.03. The van der Waals surface area contributed by atoms with Gasteiger partial charge in [0.25, 0.3) is 9.05 Å². The molecule has 0 radical (unpaired) electrons. The summed E-state index contributed by atoms with van der Waals surface area (Å²) in [5, 5.41) is 0. The van der Waals surface area contributed by atoms with Gasteiger partial charge in [0.1, 0.15) is 4.90 Å². The molecule has 9 heteroatoms. The average Bonchev–Trinajstić information content (AvgIpc) is 2.49. The Hall–Kier alpha value is -1.93. The third kappa shape index (κ3) is 3.83. The van der Waals surface area contributed by atoms with Crippen LogP contribution in [0.25, 0.3) is 6.08 Å². The Morgan fingerprint density at radius 2 is 1.68 bits per heavy atom. The summed E-state index contributed by atoms with van der Waals surface area (Å²) >= 11 is 0. The summed E-state index contributed by atoms with van der Waals surface area (Å²) in [6.07, 6.45) is 2.28. The van der Waals surface area contributed by atoms with Crippen molar-refractivity contribution in [3.05, 3.63) is 17.7 Å². The first-order valence-electron chi connectivity index (χ1n) is 5.83. The molecule has 0 fully saturated rings. The molecule has 0 aliphatic heterocycles. The maximum atomic E-state index is 11.9. The molecule has 0 aliphatic rings. The predicted octanol–water partition coefficient (Wildman–Crippen LogP) is 1.83. The molecular formula is C13H15ClO7S. The van der Waals surface area contributed by atoms with Crippen LogP contribution in [0.3, 0.4) is 0 Å². The van der Waals surface area contributed by atoms with Gasteiger partial charge in [-0.05, 0) is 12.1 Å². The van der Waals surface area contributed by atoms with Crippen LogP contribution in [0.5, 0.6) is 17.2 Å². The van der Waals surface area contributed by atoms with Gasteiger partial charge in [0.2, 0.25) is 5.75 Å². The van der Waals surface area contributed by atoms with Crippen molar-refractivity contribution in [2.24, 2.45) is 0 Å². The number of esters is 1. The zero-order valence-electron chi connectivity index (χ0n) is 12.4. The zero-order chi connectivity index (χ0) is 16.9. The van der Waals surface area contributed by atoms with Crippen molar-refractivity contribution in [1.29, 1.82) is 0 Å². The Morgan fingerprint density at radius 1 is 1.09 bits per heavy atom. The molecule has 0 spiro atoms. The lowest BCUT2D eigenvalue weighted by Crippen LogP contribution is -2.04. The van der Waals surface area contributed by atoms with E-state index in [-0.39, 0.29) is 27.7 Å². The van der Waals surface area contributed by atoms with Gasteiger partial charge in [0.05, 0.1) is 28.4 Å². The van der Waals surface area contributed by atoms with Crippen LogP contribution in [0.15, 0.2) is 17.0 Å². The van der Waals surface area contributed by atoms with Crippen molar-refractivity contribution in [2.75, 3.05) is 28.4 Å². The number of carbonyl (C=O) groups excluding carboxylic acids is 1. The molecule has 0 atom stereocenters. The Morgan fingerprint density at radius 3 is 2.09 bits per heavy atom. The summed E-state index contributed by atoms with van der Waals surface area (Å²) in [6, 6.07) is 1.36. The SMILES string of the molecule is COC(=O)C=Cc1cc(OC)c(OC)c(OC)c1S(=O)(=O)Cl. The highest BCUT2D eigenvalue weighted by Crippen LogP contribution is 2.45. The second-order valence-electron chi connectivity index (χ2n) is 3.86. The lowest BCUT2D eigenvalue weighted by molar-refractivity contribution is -0.134. The van der Waals surface area contributed by atoms with Crippen molar-refractivity contribution >= 4 is 31.8 Å². The van der Waals surface area contributed by atoms with Crippen molar-refractivity contribution in [3.63, 3.8) is 0 Å². The number of benzene rings is 1. The second-order valence-corrected chi connectivity index (χ2v) is 6.36. The Bertz CT molecular complexity index is 695. The molecule has 0 saturated carbocycles. The number of rotatable bonds is 6. The molecule has 0 N–H and O–H groups in total. The Kier molecular flexibility index (Phi) is 6.07. The largest absolute Gasteiger partial charge is 0.493 e. The smallest absolute Gasteiger partial charge is 0.330 e. The van der Waals surface area contributed by atoms with Crippen LogP contribution >= 0.6 is 10.7 Å². The standard InChI is InChI=1S/C13H15ClO7S/c1-18-9-7-8(5-6-10(15)19-2)13(22(14,16)17)12(21-4)11(9)20-3/h5-7H,1-4H3. The van der Waals surface area contributed by atoms with Crippen molar-refractivity contribution < 1.29 is 32.2 Å². The van der Waals surface area contributed by atoms with Gasteiger partial charge >= 0.3 is 5.97 Å². The monoisotopic (exact) mass is 350 g/mol. The first kappa shape index (κ1) is 18.1. The van der Waals surface area contributed by atoms with Gasteiger partial charge in [-0.15, -0.1) is 0 Å². The van der Waals surface area contributed by atoms with Crippen LogP contribution < -0.4 is 14.2 Å². The van der Waals surface area contributed by atoms with E-state index in [2.05, 4.69) is 4.74 Å². The molecule has 0 saturated heterocycles. The number of halogens is 1. The minimum absolute atomic E-state index is 0.0689. The summed E-state index contributed by atoms with van der Waals surface area (Å²) in [7, 11) is 6.45. The summed E-state index contributed by atoms with van der Waals surface area (Å²) in [4.78, 5) is 10.9. The zero-order valence-corrected chi connectivity index (χ0v) is 13.9. The molecule has 0 aliphatic carbocycles. The van der Waals surface area contributed by atoms with Crippen LogP contribution in [0.2, 0.25) is 0 Å². The maximum Gasteiger partial charge on any atom is 0.330 e. The summed E-state index contributed by atoms with van der Waals surface area (Å²) in [6.45, 7) is 0. The quantitative estimate of drug-likeness (QED) is 0.439. The van der Waals surface area contributed by atoms with Crippen LogP contribution in [0, 0.1) is 0 Å². The molecule has 0 unspecified atom stereocenters. The highest BCUT2D eigenvalue weighted by atomic mass is 35.7. The molecule has 0 heterocycles. The summed E-state index contributed by atoms with van der Waals surface area (Å²) in [5.41, 5.74) is 0.0925. The van der Waals surface area contributed by atoms with Crippen LogP contribution in [-0.4, -0.2) is 42.8 Å². The summed E-state index contributed by atoms with van der Waals surface area (Å²) < 4.78 is 43.5. The topological polar surface area (TPSA) is 88.1 Å². The van der Waals surface area contributed by atoms with Gasteiger partial charge in [0, 0.05) is 22.3 Å². The van der Waals surface area contributed by atoms with Gasteiger partial charge in [-0.25, -0.2) is 13.2 Å². The van der Waals surface area contributed by atoms with E-state index >= 15 is 0 Å². The van der Waals surface area contributed by atoms with Gasteiger partial charge in [-0.3, -0.25) is 0 Å². The van der Waals surface area contributed by atoms with Crippen molar-refractivity contribution in [1.82, 2.24) is 0 Å². The van der Waals surface area contributed by atoms with E-state index in [9.17, 15) is 13.2 Å². The number of ether oxygens (including phenoxy) is 4. The minimum Gasteiger partial charge on any atom is -0.493 e. The van der Waals surface area contributed by atoms with Gasteiger partial charge in [-0.1, -0.05) is 0 Å². The molecule has 7 nitrogen and oxygen atoms in total. The highest BCUT2D eigenvalue weighted by molar-refractivity contribution is 8.13. The van der Waals surface area contributed by atoms with E-state index in [4.69, 9.17) is 24.9 Å². The normalized spacial score (nSPS) is 11.3. The fourth-order valence-electron chi connectivity index (χ4n) is 1.75. The van der Waals surface area contributed by atoms with Crippen LogP contribution in [0.4, 0.5) is 0 Å². The molecule has 1 rings (SSSR count). The molecule has 0 amide bonds. The van der Waals surface area contributed by atoms with E-state index in [1.54, 1.807) is 0 Å². The molecule has 122 valence electrons. The van der Waals surface area contributed by atoms with Gasteiger partial charge in [-0.2, -0.15) is 0 Å². The Labute approximate surface area is 132 Å². The molecule has 0 aromatic heterocycles. The molecular weight excluding hydrogens is 336 g/mol. The van der Waals surface area contributed by atoms with Gasteiger partial charge in [0.15, 0.2) is 11.5 Å². The maximum absolute atomic E-state index is 11.9. The highest BCUT2D eigenvalue weighted by Gasteiger charge is 2.27. The van der Waals surface area contributed by atoms with E-state index in [0.717, 1.165) is 6.08 Å².